The Bertz CT molecular complexity index is 683. The summed E-state index contributed by atoms with van der Waals surface area (Å²) in [6.45, 7) is 5.01. The van der Waals surface area contributed by atoms with Crippen molar-refractivity contribution in [2.75, 3.05) is 25.0 Å². The maximum absolute atomic E-state index is 12.8. The topological polar surface area (TPSA) is 58.3 Å². The van der Waals surface area contributed by atoms with Gasteiger partial charge in [0, 0.05) is 19.1 Å². The van der Waals surface area contributed by atoms with Gasteiger partial charge in [-0.2, -0.15) is 17.7 Å². The van der Waals surface area contributed by atoms with Gasteiger partial charge in [-0.1, -0.05) is 6.42 Å². The number of halogens is 3. The summed E-state index contributed by atoms with van der Waals surface area (Å²) < 4.78 is 39.3. The van der Waals surface area contributed by atoms with Crippen LogP contribution >= 0.6 is 0 Å². The lowest BCUT2D eigenvalue weighted by Crippen LogP contribution is -2.38. The molecule has 1 aliphatic heterocycles. The van der Waals surface area contributed by atoms with E-state index in [2.05, 4.69) is 32.4 Å². The number of likely N-dealkylation sites (tertiary alicyclic amines) is 1. The lowest BCUT2D eigenvalue weighted by atomic mass is 10.0. The highest BCUT2D eigenvalue weighted by atomic mass is 19.4. The average Bonchev–Trinajstić information content (AvgIpc) is 2.96. The normalized spacial score (nSPS) is 19.8. The summed E-state index contributed by atoms with van der Waals surface area (Å²) in [6, 6.07) is 3.71. The van der Waals surface area contributed by atoms with Crippen LogP contribution in [-0.2, 0) is 6.18 Å². The van der Waals surface area contributed by atoms with E-state index in [4.69, 9.17) is 0 Å². The molecule has 0 saturated carbocycles. The third-order valence-corrected chi connectivity index (χ3v) is 4.39. The zero-order valence-electron chi connectivity index (χ0n) is 13.6. The van der Waals surface area contributed by atoms with Crippen molar-refractivity contribution in [1.29, 1.82) is 0 Å². The number of nitrogens with one attached hydrogen (secondary N) is 1. The van der Waals surface area contributed by atoms with Crippen molar-refractivity contribution in [3.8, 4) is 0 Å². The lowest BCUT2D eigenvalue weighted by molar-refractivity contribution is -0.146. The van der Waals surface area contributed by atoms with Crippen molar-refractivity contribution >= 4 is 11.5 Å². The molecule has 0 aromatic carbocycles. The van der Waals surface area contributed by atoms with Gasteiger partial charge in [-0.25, -0.2) is 0 Å². The van der Waals surface area contributed by atoms with Gasteiger partial charge in [0.15, 0.2) is 5.65 Å². The Labute approximate surface area is 138 Å². The molecule has 6 nitrogen and oxygen atoms in total. The highest BCUT2D eigenvalue weighted by Crippen LogP contribution is 2.27. The first-order valence-electron chi connectivity index (χ1n) is 8.23. The van der Waals surface area contributed by atoms with Crippen molar-refractivity contribution < 1.29 is 13.2 Å². The second kappa shape index (κ2) is 6.92. The van der Waals surface area contributed by atoms with E-state index in [-0.39, 0.29) is 5.65 Å². The summed E-state index contributed by atoms with van der Waals surface area (Å²) in [5, 5.41) is 13.7. The van der Waals surface area contributed by atoms with Crippen molar-refractivity contribution in [3.63, 3.8) is 0 Å². The van der Waals surface area contributed by atoms with Crippen LogP contribution in [0.3, 0.4) is 0 Å². The molecule has 132 valence electrons. The molecule has 3 heterocycles. The molecule has 24 heavy (non-hydrogen) atoms. The Morgan fingerprint density at radius 1 is 1.25 bits per heavy atom. The molecule has 0 amide bonds. The number of fused-ring (bicyclic) bond motifs is 1. The molecule has 1 fully saturated rings. The van der Waals surface area contributed by atoms with E-state index in [1.54, 1.807) is 6.07 Å². The first-order valence-corrected chi connectivity index (χ1v) is 8.23. The van der Waals surface area contributed by atoms with Crippen molar-refractivity contribution in [2.24, 2.45) is 0 Å². The minimum Gasteiger partial charge on any atom is -0.369 e. The molecule has 1 N–H and O–H groups in total. The van der Waals surface area contributed by atoms with Crippen LogP contribution in [0, 0.1) is 0 Å². The second-order valence-corrected chi connectivity index (χ2v) is 6.17. The summed E-state index contributed by atoms with van der Waals surface area (Å²) >= 11 is 0. The second-order valence-electron chi connectivity index (χ2n) is 6.17. The van der Waals surface area contributed by atoms with Gasteiger partial charge in [0.25, 0.3) is 5.82 Å². The SMILES string of the molecule is CC1CCCCN1CCCNc1ccc2nnc(C(F)(F)F)n2n1. The molecule has 1 aliphatic rings. The van der Waals surface area contributed by atoms with Crippen LogP contribution in [0.5, 0.6) is 0 Å². The van der Waals surface area contributed by atoms with Crippen molar-refractivity contribution in [3.05, 3.63) is 18.0 Å². The number of rotatable bonds is 5. The largest absolute Gasteiger partial charge is 0.453 e. The van der Waals surface area contributed by atoms with Crippen LogP contribution < -0.4 is 5.32 Å². The first kappa shape index (κ1) is 16.9. The number of piperidine rings is 1. The van der Waals surface area contributed by atoms with Crippen LogP contribution in [0.15, 0.2) is 12.1 Å². The Kier molecular flexibility index (Phi) is 4.88. The summed E-state index contributed by atoms with van der Waals surface area (Å²) in [5.74, 6) is -0.720. The lowest BCUT2D eigenvalue weighted by Gasteiger charge is -2.33. The molecule has 0 radical (unpaired) electrons. The molecule has 0 aliphatic carbocycles. The van der Waals surface area contributed by atoms with Gasteiger partial charge >= 0.3 is 6.18 Å². The Hall–Kier alpha value is -1.90. The van der Waals surface area contributed by atoms with Gasteiger partial charge in [-0.3, -0.25) is 0 Å². The van der Waals surface area contributed by atoms with E-state index < -0.39 is 12.0 Å². The quantitative estimate of drug-likeness (QED) is 0.847. The Morgan fingerprint density at radius 3 is 2.83 bits per heavy atom. The number of alkyl halides is 3. The van der Waals surface area contributed by atoms with E-state index in [0.717, 1.165) is 24.0 Å². The van der Waals surface area contributed by atoms with Crippen LogP contribution in [0.1, 0.15) is 38.4 Å². The van der Waals surface area contributed by atoms with Crippen LogP contribution in [-0.4, -0.2) is 50.4 Å². The van der Waals surface area contributed by atoms with Crippen molar-refractivity contribution in [2.45, 2.75) is 44.8 Å². The summed E-state index contributed by atoms with van der Waals surface area (Å²) in [6.07, 6.45) is 0.109. The molecular weight excluding hydrogens is 321 g/mol. The predicted octanol–water partition coefficient (Wildman–Crippen LogP) is 2.82. The molecule has 1 saturated heterocycles. The minimum absolute atomic E-state index is 0.0787. The standard InChI is InChI=1S/C15H21F3N6/c1-11-5-2-3-9-23(11)10-4-8-19-12-6-7-13-20-21-14(15(16,17)18)24(13)22-12/h6-7,11H,2-5,8-10H2,1H3,(H,19,22). The Balaban J connectivity index is 1.57. The van der Waals surface area contributed by atoms with Crippen LogP contribution in [0.4, 0.5) is 19.0 Å². The molecular formula is C15H21F3N6. The highest BCUT2D eigenvalue weighted by Gasteiger charge is 2.37. The predicted molar refractivity (Wildman–Crippen MR) is 83.8 cm³/mol. The van der Waals surface area contributed by atoms with Gasteiger partial charge in [0.2, 0.25) is 0 Å². The van der Waals surface area contributed by atoms with Gasteiger partial charge in [-0.15, -0.1) is 15.3 Å². The number of hydrogen-bond acceptors (Lipinski definition) is 5. The maximum Gasteiger partial charge on any atom is 0.453 e. The molecule has 9 heteroatoms. The zero-order chi connectivity index (χ0) is 17.2. The minimum atomic E-state index is -4.57. The van der Waals surface area contributed by atoms with E-state index in [1.165, 1.54) is 25.3 Å². The number of nitrogens with zero attached hydrogens (tertiary/aromatic N) is 5. The molecule has 0 spiro atoms. The van der Waals surface area contributed by atoms with Gasteiger partial charge in [-0.05, 0) is 44.9 Å². The molecule has 2 aromatic rings. The van der Waals surface area contributed by atoms with Gasteiger partial charge in [0.1, 0.15) is 5.82 Å². The third-order valence-electron chi connectivity index (χ3n) is 4.39. The summed E-state index contributed by atoms with van der Waals surface area (Å²) in [4.78, 5) is 2.46. The molecule has 1 atom stereocenters. The third kappa shape index (κ3) is 3.77. The van der Waals surface area contributed by atoms with Crippen LogP contribution in [0.25, 0.3) is 5.65 Å². The highest BCUT2D eigenvalue weighted by molar-refractivity contribution is 5.44. The van der Waals surface area contributed by atoms with Gasteiger partial charge in [0.05, 0.1) is 0 Å². The van der Waals surface area contributed by atoms with Crippen LogP contribution in [0.2, 0.25) is 0 Å². The van der Waals surface area contributed by atoms with E-state index in [1.807, 2.05) is 0 Å². The van der Waals surface area contributed by atoms with Crippen molar-refractivity contribution in [1.82, 2.24) is 24.7 Å². The molecule has 2 aromatic heterocycles. The Morgan fingerprint density at radius 2 is 2.08 bits per heavy atom. The molecule has 0 bridgehead atoms. The number of anilines is 1. The summed E-state index contributed by atoms with van der Waals surface area (Å²) in [5.41, 5.74) is 0.0787. The van der Waals surface area contributed by atoms with E-state index in [9.17, 15) is 13.2 Å². The summed E-state index contributed by atoms with van der Waals surface area (Å²) in [7, 11) is 0. The fourth-order valence-electron chi connectivity index (χ4n) is 3.05. The number of hydrogen-bond donors (Lipinski definition) is 1. The monoisotopic (exact) mass is 342 g/mol. The molecule has 3 rings (SSSR count). The van der Waals surface area contributed by atoms with Gasteiger partial charge < -0.3 is 10.2 Å². The number of aromatic nitrogens is 4. The fourth-order valence-corrected chi connectivity index (χ4v) is 3.05. The fraction of sp³-hybridized carbons (Fsp3) is 0.667. The smallest absolute Gasteiger partial charge is 0.369 e. The van der Waals surface area contributed by atoms with E-state index >= 15 is 0 Å². The maximum atomic E-state index is 12.8. The average molecular weight is 342 g/mol. The molecule has 1 unspecified atom stereocenters. The van der Waals surface area contributed by atoms with E-state index in [0.29, 0.717) is 18.4 Å². The first-order chi connectivity index (χ1) is 11.4. The zero-order valence-corrected chi connectivity index (χ0v) is 13.6.